The van der Waals surface area contributed by atoms with E-state index in [2.05, 4.69) is 41.1 Å². The number of aromatic nitrogens is 3. The molecular weight excluding hydrogens is 338 g/mol. The van der Waals surface area contributed by atoms with Crippen molar-refractivity contribution in [3.05, 3.63) is 41.6 Å². The minimum absolute atomic E-state index is 0.0732. The zero-order chi connectivity index (χ0) is 19.1. The van der Waals surface area contributed by atoms with Crippen LogP contribution in [-0.4, -0.2) is 21.7 Å². The van der Waals surface area contributed by atoms with Gasteiger partial charge in [-0.2, -0.15) is 4.98 Å². The van der Waals surface area contributed by atoms with Crippen molar-refractivity contribution < 1.29 is 4.52 Å². The lowest BCUT2D eigenvalue weighted by Crippen LogP contribution is -2.47. The number of rotatable bonds is 4. The molecule has 142 valence electrons. The normalized spacial score (nSPS) is 27.3. The average molecular weight is 365 g/mol. The zero-order valence-electron chi connectivity index (χ0n) is 16.4. The second kappa shape index (κ2) is 6.33. The highest BCUT2D eigenvalue weighted by molar-refractivity contribution is 5.54. The number of nitrogens with zero attached hydrogens (tertiary/aromatic N) is 4. The molecule has 1 N–H and O–H groups in total. The summed E-state index contributed by atoms with van der Waals surface area (Å²) in [6, 6.07) is 1.87. The molecule has 3 saturated carbocycles. The predicted octanol–water partition coefficient (Wildman–Crippen LogP) is 5.02. The summed E-state index contributed by atoms with van der Waals surface area (Å²) in [4.78, 5) is 12.4. The molecule has 0 aromatic carbocycles. The fourth-order valence-corrected chi connectivity index (χ4v) is 4.47. The highest BCUT2D eigenvalue weighted by Crippen LogP contribution is 2.57. The first-order valence-corrected chi connectivity index (χ1v) is 9.75. The second-order valence-corrected chi connectivity index (χ2v) is 9.35. The van der Waals surface area contributed by atoms with E-state index in [1.54, 1.807) is 12.4 Å². The van der Waals surface area contributed by atoms with E-state index in [9.17, 15) is 0 Å². The van der Waals surface area contributed by atoms with Crippen LogP contribution >= 0.6 is 0 Å². The molecule has 5 rings (SSSR count). The minimum Gasteiger partial charge on any atom is -0.384 e. The van der Waals surface area contributed by atoms with E-state index < -0.39 is 0 Å². The Kier molecular flexibility index (Phi) is 4.21. The van der Waals surface area contributed by atoms with Crippen LogP contribution in [0.15, 0.2) is 23.0 Å². The maximum Gasteiger partial charge on any atom is 0.232 e. The fourth-order valence-electron chi connectivity index (χ4n) is 4.47. The molecule has 2 bridgehead atoms. The molecule has 0 radical (unpaired) electrons. The van der Waals surface area contributed by atoms with Crippen molar-refractivity contribution >= 4 is 11.4 Å². The summed E-state index contributed by atoms with van der Waals surface area (Å²) in [6.45, 7) is 14.4. The summed E-state index contributed by atoms with van der Waals surface area (Å²) in [7, 11) is 0. The van der Waals surface area contributed by atoms with E-state index >= 15 is 0 Å². The van der Waals surface area contributed by atoms with Crippen LogP contribution in [0.1, 0.15) is 71.0 Å². The number of hydrogen-bond acceptors (Lipinski definition) is 5. The van der Waals surface area contributed by atoms with Crippen LogP contribution < -0.4 is 5.32 Å². The second-order valence-electron chi connectivity index (χ2n) is 9.35. The van der Waals surface area contributed by atoms with Gasteiger partial charge in [0.2, 0.25) is 11.6 Å². The molecule has 3 aliphatic rings. The molecule has 0 saturated heterocycles. The average Bonchev–Trinajstić information content (AvgIpc) is 3.20. The van der Waals surface area contributed by atoms with E-state index in [4.69, 9.17) is 16.1 Å². The molecule has 3 aliphatic carbocycles. The van der Waals surface area contributed by atoms with Crippen molar-refractivity contribution in [1.29, 1.82) is 0 Å². The zero-order valence-corrected chi connectivity index (χ0v) is 16.4. The van der Waals surface area contributed by atoms with Crippen molar-refractivity contribution in [2.75, 3.05) is 11.9 Å². The van der Waals surface area contributed by atoms with E-state index in [0.29, 0.717) is 11.1 Å². The summed E-state index contributed by atoms with van der Waals surface area (Å²) in [5.74, 6) is 1.66. The number of pyridine rings is 1. The third-order valence-electron chi connectivity index (χ3n) is 6.47. The highest BCUT2D eigenvalue weighted by atomic mass is 16.5. The van der Waals surface area contributed by atoms with Crippen LogP contribution in [0.4, 0.5) is 11.4 Å². The van der Waals surface area contributed by atoms with Crippen LogP contribution in [-0.2, 0) is 10.8 Å². The molecular formula is C21H27N5O. The van der Waals surface area contributed by atoms with Crippen molar-refractivity contribution in [3.63, 3.8) is 0 Å². The van der Waals surface area contributed by atoms with Crippen LogP contribution in [0.25, 0.3) is 4.85 Å². The molecule has 2 aromatic rings. The topological polar surface area (TPSA) is 68.2 Å². The van der Waals surface area contributed by atoms with Gasteiger partial charge in [0, 0.05) is 35.5 Å². The molecule has 0 spiro atoms. The number of fused-ring (bicyclic) bond motifs is 3. The Balaban J connectivity index is 1.43. The van der Waals surface area contributed by atoms with E-state index in [1.165, 1.54) is 19.3 Å². The van der Waals surface area contributed by atoms with Crippen molar-refractivity contribution in [1.82, 2.24) is 15.1 Å². The van der Waals surface area contributed by atoms with Crippen molar-refractivity contribution in [2.45, 2.75) is 70.1 Å². The van der Waals surface area contributed by atoms with Crippen LogP contribution in [0, 0.1) is 12.0 Å². The summed E-state index contributed by atoms with van der Waals surface area (Å²) in [5.41, 5.74) is 1.83. The lowest BCUT2D eigenvalue weighted by molar-refractivity contribution is 0.0322. The summed E-state index contributed by atoms with van der Waals surface area (Å²) < 4.78 is 5.72. The smallest absolute Gasteiger partial charge is 0.232 e. The van der Waals surface area contributed by atoms with Crippen LogP contribution in [0.2, 0.25) is 0 Å². The van der Waals surface area contributed by atoms with Gasteiger partial charge in [0.05, 0.1) is 6.57 Å². The van der Waals surface area contributed by atoms with E-state index in [0.717, 1.165) is 43.2 Å². The van der Waals surface area contributed by atoms with Gasteiger partial charge in [-0.3, -0.25) is 4.98 Å². The molecule has 0 unspecified atom stereocenters. The van der Waals surface area contributed by atoms with Crippen LogP contribution in [0.5, 0.6) is 0 Å². The number of anilines is 1. The standard InChI is InChI=1S/C21H27N5O/c1-19(2,3)17-25-18(27-26-17)21-8-5-20(6-9-21,7-10-21)14-24-16-11-15(22-4)12-23-13-16/h11-13,24H,5-10,14H2,1-3H3. The van der Waals surface area contributed by atoms with Crippen molar-refractivity contribution in [3.8, 4) is 0 Å². The Labute approximate surface area is 160 Å². The van der Waals surface area contributed by atoms with E-state index in [-0.39, 0.29) is 10.8 Å². The Morgan fingerprint density at radius 1 is 1.15 bits per heavy atom. The predicted molar refractivity (Wildman–Crippen MR) is 104 cm³/mol. The lowest BCUT2D eigenvalue weighted by Gasteiger charge is -2.52. The largest absolute Gasteiger partial charge is 0.384 e. The van der Waals surface area contributed by atoms with Gasteiger partial charge in [0.25, 0.3) is 0 Å². The molecule has 0 atom stereocenters. The SMILES string of the molecule is [C-]#[N+]c1cncc(NCC23CCC(c4nc(C(C)(C)C)no4)(CC2)CC3)c1. The highest BCUT2D eigenvalue weighted by Gasteiger charge is 2.52. The molecule has 6 nitrogen and oxygen atoms in total. The summed E-state index contributed by atoms with van der Waals surface area (Å²) in [5, 5.41) is 7.78. The van der Waals surface area contributed by atoms with Crippen LogP contribution in [0.3, 0.4) is 0 Å². The minimum atomic E-state index is -0.0801. The first kappa shape index (κ1) is 18.0. The van der Waals surface area contributed by atoms with E-state index in [1.807, 2.05) is 6.07 Å². The first-order chi connectivity index (χ1) is 12.8. The van der Waals surface area contributed by atoms with Gasteiger partial charge in [-0.25, -0.2) is 4.85 Å². The molecule has 3 fully saturated rings. The molecule has 0 aliphatic heterocycles. The third-order valence-corrected chi connectivity index (χ3v) is 6.47. The van der Waals surface area contributed by atoms with Crippen molar-refractivity contribution in [2.24, 2.45) is 5.41 Å². The maximum atomic E-state index is 7.13. The third kappa shape index (κ3) is 3.31. The Morgan fingerprint density at radius 3 is 2.44 bits per heavy atom. The van der Waals surface area contributed by atoms with Gasteiger partial charge in [0.1, 0.15) is 0 Å². The maximum absolute atomic E-state index is 7.13. The fraction of sp³-hybridized carbons (Fsp3) is 0.619. The van der Waals surface area contributed by atoms with Gasteiger partial charge < -0.3 is 9.84 Å². The molecule has 27 heavy (non-hydrogen) atoms. The number of nitrogens with one attached hydrogen (secondary N) is 1. The monoisotopic (exact) mass is 365 g/mol. The Morgan fingerprint density at radius 2 is 1.85 bits per heavy atom. The Bertz CT molecular complexity index is 849. The van der Waals surface area contributed by atoms with Gasteiger partial charge >= 0.3 is 0 Å². The summed E-state index contributed by atoms with van der Waals surface area (Å²) in [6.07, 6.45) is 10.2. The quantitative estimate of drug-likeness (QED) is 0.771. The summed E-state index contributed by atoms with van der Waals surface area (Å²) >= 11 is 0. The lowest BCUT2D eigenvalue weighted by atomic mass is 9.53. The molecule has 2 aromatic heterocycles. The van der Waals surface area contributed by atoms with Gasteiger partial charge in [-0.1, -0.05) is 25.9 Å². The number of hydrogen-bond donors (Lipinski definition) is 1. The molecule has 6 heteroatoms. The van der Waals surface area contributed by atoms with Gasteiger partial charge in [-0.15, -0.1) is 0 Å². The van der Waals surface area contributed by atoms with Gasteiger partial charge in [-0.05, 0) is 50.0 Å². The molecule has 0 amide bonds. The Hall–Kier alpha value is -2.42. The first-order valence-electron chi connectivity index (χ1n) is 9.75. The van der Waals surface area contributed by atoms with Gasteiger partial charge in [0.15, 0.2) is 5.82 Å². The molecule has 2 heterocycles.